The van der Waals surface area contributed by atoms with Crippen LogP contribution in [0.1, 0.15) is 0 Å². The van der Waals surface area contributed by atoms with Crippen LogP contribution in [0.5, 0.6) is 5.88 Å². The fourth-order valence-electron chi connectivity index (χ4n) is 1.54. The predicted molar refractivity (Wildman–Crippen MR) is 52.2 cm³/mol. The molecule has 0 saturated carbocycles. The van der Waals surface area contributed by atoms with E-state index in [4.69, 9.17) is 0 Å². The van der Waals surface area contributed by atoms with E-state index in [1.165, 1.54) is 11.3 Å². The van der Waals surface area contributed by atoms with Crippen molar-refractivity contribution in [2.75, 3.05) is 0 Å². The van der Waals surface area contributed by atoms with Gasteiger partial charge in [0.25, 0.3) is 4.83 Å². The summed E-state index contributed by atoms with van der Waals surface area (Å²) < 4.78 is 1.69. The van der Waals surface area contributed by atoms with Crippen LogP contribution in [0.25, 0.3) is 15.9 Å². The summed E-state index contributed by atoms with van der Waals surface area (Å²) in [6.07, 6.45) is 1.73. The van der Waals surface area contributed by atoms with Crippen molar-refractivity contribution in [1.82, 2.24) is 4.98 Å². The highest BCUT2D eigenvalue weighted by atomic mass is 32.1. The van der Waals surface area contributed by atoms with E-state index >= 15 is 0 Å². The number of hydrogen-bond acceptors (Lipinski definition) is 3. The van der Waals surface area contributed by atoms with Crippen molar-refractivity contribution < 1.29 is 9.51 Å². The monoisotopic (exact) mass is 202 g/mol. The number of para-hydroxylation sites is 2. The molecule has 68 valence electrons. The summed E-state index contributed by atoms with van der Waals surface area (Å²) >= 11 is 1.42. The number of benzene rings is 1. The van der Waals surface area contributed by atoms with Crippen molar-refractivity contribution in [3.63, 3.8) is 0 Å². The molecule has 0 aliphatic heterocycles. The van der Waals surface area contributed by atoms with Crippen molar-refractivity contribution in [1.29, 1.82) is 0 Å². The molecule has 0 N–H and O–H groups in total. The zero-order valence-corrected chi connectivity index (χ0v) is 7.99. The molecule has 0 unspecified atom stereocenters. The molecule has 4 heteroatoms. The van der Waals surface area contributed by atoms with E-state index in [-0.39, 0.29) is 5.88 Å². The predicted octanol–water partition coefficient (Wildman–Crippen LogP) is 1.11. The lowest BCUT2D eigenvalue weighted by molar-refractivity contribution is -0.559. The average Bonchev–Trinajstić information content (AvgIpc) is 2.61. The summed E-state index contributed by atoms with van der Waals surface area (Å²) in [4.78, 5) is 5.16. The van der Waals surface area contributed by atoms with Gasteiger partial charge in [-0.2, -0.15) is 4.40 Å². The maximum atomic E-state index is 11.5. The van der Waals surface area contributed by atoms with Crippen LogP contribution < -0.4 is 9.51 Å². The first kappa shape index (κ1) is 7.70. The lowest BCUT2D eigenvalue weighted by Gasteiger charge is -1.96. The van der Waals surface area contributed by atoms with Crippen molar-refractivity contribution in [2.24, 2.45) is 0 Å². The molecule has 1 aromatic carbocycles. The lowest BCUT2D eigenvalue weighted by Crippen LogP contribution is -2.24. The Morgan fingerprint density at radius 2 is 2.14 bits per heavy atom. The van der Waals surface area contributed by atoms with Crippen LogP contribution in [0.3, 0.4) is 0 Å². The first-order valence-electron chi connectivity index (χ1n) is 4.20. The molecule has 0 atom stereocenters. The van der Waals surface area contributed by atoms with E-state index < -0.39 is 0 Å². The highest BCUT2D eigenvalue weighted by Gasteiger charge is 2.11. The van der Waals surface area contributed by atoms with Crippen molar-refractivity contribution in [3.8, 4) is 5.88 Å². The third-order valence-corrected chi connectivity index (χ3v) is 3.01. The van der Waals surface area contributed by atoms with Gasteiger partial charge in [-0.05, 0) is 6.07 Å². The standard InChI is InChI=1S/C10H6N2OS/c13-9-6-14-10-5-11-7-3-1-2-4-8(7)12(9)10/h1-6H. The summed E-state index contributed by atoms with van der Waals surface area (Å²) in [5.41, 5.74) is 1.72. The second kappa shape index (κ2) is 2.65. The Bertz CT molecular complexity index is 618. The average molecular weight is 202 g/mol. The van der Waals surface area contributed by atoms with E-state index in [0.717, 1.165) is 15.9 Å². The van der Waals surface area contributed by atoms with Crippen LogP contribution in [-0.4, -0.2) is 4.98 Å². The summed E-state index contributed by atoms with van der Waals surface area (Å²) in [5, 5.41) is 13.1. The molecule has 0 bridgehead atoms. The Hall–Kier alpha value is -1.68. The molecule has 0 aliphatic rings. The largest absolute Gasteiger partial charge is 0.822 e. The zero-order valence-electron chi connectivity index (χ0n) is 7.18. The minimum Gasteiger partial charge on any atom is -0.822 e. The molecule has 3 aromatic rings. The number of hydrogen-bond donors (Lipinski definition) is 0. The van der Waals surface area contributed by atoms with E-state index in [2.05, 4.69) is 4.98 Å². The first-order valence-corrected chi connectivity index (χ1v) is 5.08. The van der Waals surface area contributed by atoms with Crippen LogP contribution >= 0.6 is 11.3 Å². The van der Waals surface area contributed by atoms with Gasteiger partial charge in [0.15, 0.2) is 5.88 Å². The Morgan fingerprint density at radius 3 is 3.07 bits per heavy atom. The summed E-state index contributed by atoms with van der Waals surface area (Å²) in [5.74, 6) is 0.0172. The first-order chi connectivity index (χ1) is 6.86. The molecule has 0 amide bonds. The number of fused-ring (bicyclic) bond motifs is 3. The van der Waals surface area contributed by atoms with Crippen LogP contribution in [0.2, 0.25) is 0 Å². The fourth-order valence-corrected chi connectivity index (χ4v) is 2.27. The Kier molecular flexibility index (Phi) is 1.46. The fraction of sp³-hybridized carbons (Fsp3) is 0. The van der Waals surface area contributed by atoms with Crippen LogP contribution in [0.15, 0.2) is 35.8 Å². The summed E-state index contributed by atoms with van der Waals surface area (Å²) in [6.45, 7) is 0. The second-order valence-corrected chi connectivity index (χ2v) is 3.88. The molecule has 0 spiro atoms. The third-order valence-electron chi connectivity index (χ3n) is 2.16. The molecule has 0 saturated heterocycles. The minimum atomic E-state index is 0.0172. The summed E-state index contributed by atoms with van der Waals surface area (Å²) in [6, 6.07) is 7.63. The molecule has 2 heterocycles. The van der Waals surface area contributed by atoms with Gasteiger partial charge in [-0.25, -0.2) is 4.98 Å². The van der Waals surface area contributed by atoms with Gasteiger partial charge < -0.3 is 5.11 Å². The van der Waals surface area contributed by atoms with Gasteiger partial charge in [0.2, 0.25) is 5.52 Å². The van der Waals surface area contributed by atoms with Crippen molar-refractivity contribution in [3.05, 3.63) is 35.8 Å². The molecule has 3 rings (SSSR count). The highest BCUT2D eigenvalue weighted by Crippen LogP contribution is 2.15. The SMILES string of the molecule is [O-]c1csc2cnc3ccccc3[n+]12. The Balaban J connectivity index is 2.65. The molecule has 0 radical (unpaired) electrons. The van der Waals surface area contributed by atoms with Crippen LogP contribution in [-0.2, 0) is 0 Å². The van der Waals surface area contributed by atoms with Crippen molar-refractivity contribution in [2.45, 2.75) is 0 Å². The van der Waals surface area contributed by atoms with Crippen LogP contribution in [0.4, 0.5) is 0 Å². The lowest BCUT2D eigenvalue weighted by atomic mass is 10.3. The highest BCUT2D eigenvalue weighted by molar-refractivity contribution is 7.15. The number of nitrogens with zero attached hydrogens (tertiary/aromatic N) is 2. The van der Waals surface area contributed by atoms with E-state index in [1.807, 2.05) is 24.3 Å². The zero-order chi connectivity index (χ0) is 9.54. The second-order valence-electron chi connectivity index (χ2n) is 2.99. The third kappa shape index (κ3) is 0.914. The number of thiazole rings is 1. The van der Waals surface area contributed by atoms with Crippen molar-refractivity contribution >= 4 is 27.2 Å². The molecule has 2 aromatic heterocycles. The minimum absolute atomic E-state index is 0.0172. The maximum absolute atomic E-state index is 11.5. The van der Waals surface area contributed by atoms with Gasteiger partial charge in [-0.3, -0.25) is 0 Å². The molecule has 3 nitrogen and oxygen atoms in total. The number of rotatable bonds is 0. The molecule has 0 fully saturated rings. The van der Waals surface area contributed by atoms with Crippen LogP contribution in [0, 0.1) is 0 Å². The summed E-state index contributed by atoms with van der Waals surface area (Å²) in [7, 11) is 0. The maximum Gasteiger partial charge on any atom is 0.285 e. The molecular weight excluding hydrogens is 196 g/mol. The van der Waals surface area contributed by atoms with Gasteiger partial charge in [0.05, 0.1) is 5.38 Å². The van der Waals surface area contributed by atoms with Gasteiger partial charge in [-0.15, -0.1) is 0 Å². The Labute approximate surface area is 83.9 Å². The molecule has 14 heavy (non-hydrogen) atoms. The van der Waals surface area contributed by atoms with Gasteiger partial charge in [0.1, 0.15) is 11.7 Å². The molecule has 0 aliphatic carbocycles. The Morgan fingerprint density at radius 1 is 1.29 bits per heavy atom. The van der Waals surface area contributed by atoms with E-state index in [0.29, 0.717) is 0 Å². The van der Waals surface area contributed by atoms with E-state index in [9.17, 15) is 5.11 Å². The topological polar surface area (TPSA) is 40.1 Å². The van der Waals surface area contributed by atoms with E-state index in [1.54, 1.807) is 16.0 Å². The van der Waals surface area contributed by atoms with Gasteiger partial charge >= 0.3 is 0 Å². The number of aromatic nitrogens is 2. The van der Waals surface area contributed by atoms with Gasteiger partial charge in [0, 0.05) is 6.07 Å². The normalized spacial score (nSPS) is 11.1. The van der Waals surface area contributed by atoms with Gasteiger partial charge in [-0.1, -0.05) is 23.5 Å². The molecular formula is C10H6N2OS. The quantitative estimate of drug-likeness (QED) is 0.512. The smallest absolute Gasteiger partial charge is 0.285 e.